The lowest BCUT2D eigenvalue weighted by Gasteiger charge is -2.32. The van der Waals surface area contributed by atoms with Gasteiger partial charge in [-0.3, -0.25) is 4.79 Å². The van der Waals surface area contributed by atoms with Crippen LogP contribution in [-0.2, 0) is 26.0 Å². The van der Waals surface area contributed by atoms with E-state index in [4.69, 9.17) is 16.3 Å². The molecule has 4 rings (SSSR count). The third-order valence-electron chi connectivity index (χ3n) is 5.80. The maximum absolute atomic E-state index is 14.5. The predicted molar refractivity (Wildman–Crippen MR) is 131 cm³/mol. The standard InChI is InChI=1S/C24H18ClF5N2O5S2/c25-18-6-7-19(38-18)39(35,36)31-21(20(24(28,29)30)14-9-15(26)11-16(27)10-14)22(33)32-17(12-37-23(32)34)8-13-4-2-1-3-5-13/h1-7,9-11,17,20-21,31H,8,12H2/t17-,20?,21?/m0/s1. The molecule has 1 fully saturated rings. The van der Waals surface area contributed by atoms with Crippen molar-refractivity contribution in [2.45, 2.75) is 34.8 Å². The quantitative estimate of drug-likeness (QED) is 0.352. The minimum Gasteiger partial charge on any atom is -0.447 e. The van der Waals surface area contributed by atoms with Crippen LogP contribution in [0.1, 0.15) is 17.0 Å². The number of halogens is 6. The fraction of sp³-hybridized carbons (Fsp3) is 0.250. The van der Waals surface area contributed by atoms with E-state index >= 15 is 0 Å². The molecule has 2 heterocycles. The van der Waals surface area contributed by atoms with Crippen molar-refractivity contribution in [3.63, 3.8) is 0 Å². The van der Waals surface area contributed by atoms with Crippen LogP contribution in [0.4, 0.5) is 26.7 Å². The number of benzene rings is 2. The highest BCUT2D eigenvalue weighted by Crippen LogP contribution is 2.40. The van der Waals surface area contributed by atoms with Crippen LogP contribution >= 0.6 is 22.9 Å². The smallest absolute Gasteiger partial charge is 0.417 e. The van der Waals surface area contributed by atoms with E-state index in [9.17, 15) is 40.0 Å². The number of rotatable bonds is 8. The third kappa shape index (κ3) is 6.57. The van der Waals surface area contributed by atoms with E-state index in [1.807, 2.05) is 0 Å². The largest absolute Gasteiger partial charge is 0.447 e. The first-order valence-corrected chi connectivity index (χ1v) is 13.8. The lowest BCUT2D eigenvalue weighted by Crippen LogP contribution is -2.56. The van der Waals surface area contributed by atoms with E-state index < -0.39 is 67.6 Å². The molecule has 1 N–H and O–H groups in total. The van der Waals surface area contributed by atoms with Crippen LogP contribution in [0.15, 0.2) is 64.9 Å². The fourth-order valence-corrected chi connectivity index (χ4v) is 6.87. The first-order chi connectivity index (χ1) is 18.3. The first-order valence-electron chi connectivity index (χ1n) is 11.1. The number of hydrogen-bond donors (Lipinski definition) is 1. The third-order valence-corrected chi connectivity index (χ3v) is 8.97. The molecule has 0 spiro atoms. The Kier molecular flexibility index (Phi) is 8.30. The molecule has 1 saturated heterocycles. The van der Waals surface area contributed by atoms with Crippen molar-refractivity contribution in [2.24, 2.45) is 0 Å². The zero-order chi connectivity index (χ0) is 28.5. The molecule has 0 saturated carbocycles. The molecule has 0 aliphatic carbocycles. The Morgan fingerprint density at radius 1 is 1.10 bits per heavy atom. The second kappa shape index (κ2) is 11.2. The van der Waals surface area contributed by atoms with Crippen molar-refractivity contribution in [1.29, 1.82) is 0 Å². The summed E-state index contributed by atoms with van der Waals surface area (Å²) in [5.74, 6) is -7.48. The molecule has 1 aromatic heterocycles. The van der Waals surface area contributed by atoms with Gasteiger partial charge < -0.3 is 4.74 Å². The molecule has 1 aliphatic heterocycles. The number of cyclic esters (lactones) is 1. The Morgan fingerprint density at radius 3 is 2.31 bits per heavy atom. The molecule has 7 nitrogen and oxygen atoms in total. The second-order valence-corrected chi connectivity index (χ2v) is 12.2. The predicted octanol–water partition coefficient (Wildman–Crippen LogP) is 5.26. The summed E-state index contributed by atoms with van der Waals surface area (Å²) in [5, 5.41) is 0. The number of ether oxygens (including phenoxy) is 1. The van der Waals surface area contributed by atoms with E-state index in [1.165, 1.54) is 6.07 Å². The molecule has 3 aromatic rings. The van der Waals surface area contributed by atoms with E-state index in [2.05, 4.69) is 0 Å². The van der Waals surface area contributed by atoms with Gasteiger partial charge in [0.1, 0.15) is 34.4 Å². The number of imide groups is 1. The van der Waals surface area contributed by atoms with E-state index in [1.54, 1.807) is 35.1 Å². The topological polar surface area (TPSA) is 92.8 Å². The van der Waals surface area contributed by atoms with Gasteiger partial charge in [-0.1, -0.05) is 41.9 Å². The normalized spacial score (nSPS) is 17.6. The molecule has 39 heavy (non-hydrogen) atoms. The number of nitrogens with one attached hydrogen (secondary N) is 1. The summed E-state index contributed by atoms with van der Waals surface area (Å²) in [5.41, 5.74) is -0.457. The Labute approximate surface area is 228 Å². The van der Waals surface area contributed by atoms with Crippen molar-refractivity contribution in [3.05, 3.63) is 87.8 Å². The van der Waals surface area contributed by atoms with Crippen molar-refractivity contribution in [2.75, 3.05) is 6.61 Å². The highest BCUT2D eigenvalue weighted by molar-refractivity contribution is 7.91. The number of carbonyl (C=O) groups excluding carboxylic acids is 2. The number of alkyl halides is 3. The lowest BCUT2D eigenvalue weighted by molar-refractivity contribution is -0.164. The summed E-state index contributed by atoms with van der Waals surface area (Å²) in [6, 6.07) is 7.67. The monoisotopic (exact) mass is 608 g/mol. The lowest BCUT2D eigenvalue weighted by atomic mass is 9.89. The summed E-state index contributed by atoms with van der Waals surface area (Å²) in [6.45, 7) is -0.370. The van der Waals surface area contributed by atoms with Gasteiger partial charge in [0.05, 0.1) is 10.4 Å². The molecule has 1 aliphatic rings. The molecule has 2 unspecified atom stereocenters. The van der Waals surface area contributed by atoms with Gasteiger partial charge in [0.15, 0.2) is 0 Å². The van der Waals surface area contributed by atoms with Gasteiger partial charge in [-0.25, -0.2) is 26.9 Å². The summed E-state index contributed by atoms with van der Waals surface area (Å²) in [6.07, 6.45) is -6.71. The Bertz CT molecular complexity index is 1460. The van der Waals surface area contributed by atoms with Crippen LogP contribution in [0.3, 0.4) is 0 Å². The summed E-state index contributed by atoms with van der Waals surface area (Å²) in [4.78, 5) is 26.7. The molecule has 0 radical (unpaired) electrons. The second-order valence-electron chi connectivity index (χ2n) is 8.51. The number of hydrogen-bond acceptors (Lipinski definition) is 6. The van der Waals surface area contributed by atoms with Gasteiger partial charge in [0, 0.05) is 6.07 Å². The van der Waals surface area contributed by atoms with Crippen molar-refractivity contribution in [3.8, 4) is 0 Å². The van der Waals surface area contributed by atoms with Crippen LogP contribution < -0.4 is 4.72 Å². The molecule has 15 heteroatoms. The Morgan fingerprint density at radius 2 is 1.74 bits per heavy atom. The Hall–Kier alpha value is -3.07. The van der Waals surface area contributed by atoms with Gasteiger partial charge in [-0.05, 0) is 41.8 Å². The number of thiophene rings is 1. The minimum absolute atomic E-state index is 0.0103. The zero-order valence-electron chi connectivity index (χ0n) is 19.5. The van der Waals surface area contributed by atoms with Gasteiger partial charge in [0.25, 0.3) is 15.9 Å². The van der Waals surface area contributed by atoms with E-state index in [-0.39, 0.29) is 17.4 Å². The highest BCUT2D eigenvalue weighted by Gasteiger charge is 2.53. The number of sulfonamides is 1. The average Bonchev–Trinajstić information content (AvgIpc) is 3.43. The van der Waals surface area contributed by atoms with Crippen LogP contribution in [0.2, 0.25) is 4.34 Å². The van der Waals surface area contributed by atoms with E-state index in [0.29, 0.717) is 40.0 Å². The van der Waals surface area contributed by atoms with Gasteiger partial charge in [-0.15, -0.1) is 11.3 Å². The maximum atomic E-state index is 14.5. The minimum atomic E-state index is -5.41. The molecule has 208 valence electrons. The number of nitrogens with zero attached hydrogens (tertiary/aromatic N) is 1. The highest BCUT2D eigenvalue weighted by atomic mass is 35.5. The molecule has 3 atom stereocenters. The van der Waals surface area contributed by atoms with Crippen molar-refractivity contribution < 1.29 is 44.7 Å². The summed E-state index contributed by atoms with van der Waals surface area (Å²) >= 11 is 6.28. The molecule has 2 aromatic carbocycles. The van der Waals surface area contributed by atoms with Crippen LogP contribution in [-0.4, -0.2) is 50.2 Å². The average molecular weight is 609 g/mol. The zero-order valence-corrected chi connectivity index (χ0v) is 21.9. The SMILES string of the molecule is O=C1OC[C@H](Cc2ccccc2)N1C(=O)C(NS(=O)(=O)c1ccc(Cl)s1)C(c1cc(F)cc(F)c1)C(F)(F)F. The van der Waals surface area contributed by atoms with Crippen molar-refractivity contribution >= 4 is 45.0 Å². The molecular weight excluding hydrogens is 591 g/mol. The first kappa shape index (κ1) is 28.9. The fourth-order valence-electron chi connectivity index (χ4n) is 4.17. The maximum Gasteiger partial charge on any atom is 0.417 e. The van der Waals surface area contributed by atoms with Crippen molar-refractivity contribution in [1.82, 2.24) is 9.62 Å². The van der Waals surface area contributed by atoms with Crippen LogP contribution in [0.5, 0.6) is 0 Å². The summed E-state index contributed by atoms with van der Waals surface area (Å²) in [7, 11) is -4.84. The molecule has 2 amide bonds. The number of carbonyl (C=O) groups is 2. The Balaban J connectivity index is 1.81. The number of amides is 2. The van der Waals surface area contributed by atoms with Gasteiger partial charge in [-0.2, -0.15) is 17.9 Å². The van der Waals surface area contributed by atoms with Crippen LogP contribution in [0, 0.1) is 11.6 Å². The molecule has 0 bridgehead atoms. The molecular formula is C24H18ClF5N2O5S2. The van der Waals surface area contributed by atoms with Gasteiger partial charge in [0.2, 0.25) is 0 Å². The van der Waals surface area contributed by atoms with Gasteiger partial charge >= 0.3 is 12.3 Å². The summed E-state index contributed by atoms with van der Waals surface area (Å²) < 4.78 is 104. The van der Waals surface area contributed by atoms with Crippen LogP contribution in [0.25, 0.3) is 0 Å². The van der Waals surface area contributed by atoms with E-state index in [0.717, 1.165) is 6.07 Å².